The van der Waals surface area contributed by atoms with E-state index in [1.807, 2.05) is 0 Å². The van der Waals surface area contributed by atoms with Gasteiger partial charge in [0.05, 0.1) is 0 Å². The van der Waals surface area contributed by atoms with Gasteiger partial charge in [-0.1, -0.05) is 26.0 Å². The topological polar surface area (TPSA) is 29.3 Å². The van der Waals surface area contributed by atoms with Crippen molar-refractivity contribution in [3.8, 4) is 0 Å². The molecule has 1 heterocycles. The molecule has 1 atom stereocenters. The minimum atomic E-state index is -0.823. The van der Waals surface area contributed by atoms with Crippen molar-refractivity contribution >= 4 is 0 Å². The van der Waals surface area contributed by atoms with Crippen LogP contribution in [0.25, 0.3) is 0 Å². The number of nitrogens with zero attached hydrogens (tertiary/aromatic N) is 1. The molecule has 0 bridgehead atoms. The quantitative estimate of drug-likeness (QED) is 0.896. The minimum Gasteiger partial charge on any atom is -0.323 e. The van der Waals surface area contributed by atoms with E-state index in [2.05, 4.69) is 18.7 Å². The minimum absolute atomic E-state index is 0.274. The van der Waals surface area contributed by atoms with Gasteiger partial charge in [0.15, 0.2) is 11.6 Å². The Morgan fingerprint density at radius 2 is 2.00 bits per heavy atom. The maximum Gasteiger partial charge on any atom is 0.163 e. The third-order valence-corrected chi connectivity index (χ3v) is 4.85. The molecule has 1 unspecified atom stereocenters. The molecule has 2 nitrogen and oxygen atoms in total. The van der Waals surface area contributed by atoms with Crippen molar-refractivity contribution in [1.29, 1.82) is 0 Å². The number of hydrogen-bond donors (Lipinski definition) is 1. The second-order valence-electron chi connectivity index (χ2n) is 5.94. The van der Waals surface area contributed by atoms with Crippen LogP contribution in [0.2, 0.25) is 0 Å². The molecule has 20 heavy (non-hydrogen) atoms. The summed E-state index contributed by atoms with van der Waals surface area (Å²) in [6, 6.07) is 3.74. The first-order valence-corrected chi connectivity index (χ1v) is 7.43. The zero-order chi connectivity index (χ0) is 14.8. The fourth-order valence-electron chi connectivity index (χ4n) is 3.19. The predicted octanol–water partition coefficient (Wildman–Crippen LogP) is 3.48. The monoisotopic (exact) mass is 282 g/mol. The molecule has 2 rings (SSSR count). The second kappa shape index (κ2) is 6.19. The summed E-state index contributed by atoms with van der Waals surface area (Å²) >= 11 is 0. The molecule has 1 aromatic rings. The Morgan fingerprint density at radius 1 is 1.30 bits per heavy atom. The van der Waals surface area contributed by atoms with Crippen molar-refractivity contribution < 1.29 is 8.78 Å². The van der Waals surface area contributed by atoms with E-state index in [9.17, 15) is 8.78 Å². The summed E-state index contributed by atoms with van der Waals surface area (Å²) < 4.78 is 27.0. The Bertz CT molecular complexity index is 458. The van der Waals surface area contributed by atoms with E-state index in [0.717, 1.165) is 32.0 Å². The van der Waals surface area contributed by atoms with Crippen molar-refractivity contribution in [2.75, 3.05) is 19.6 Å². The fraction of sp³-hybridized carbons (Fsp3) is 0.625. The van der Waals surface area contributed by atoms with Gasteiger partial charge in [0.25, 0.3) is 0 Å². The highest BCUT2D eigenvalue weighted by Crippen LogP contribution is 2.37. The van der Waals surface area contributed by atoms with Crippen LogP contribution >= 0.6 is 0 Å². The molecule has 112 valence electrons. The maximum atomic E-state index is 13.7. The SMILES string of the molecule is CCC1(CC)CCN(CC(N)c2cccc(F)c2F)C1. The van der Waals surface area contributed by atoms with Gasteiger partial charge in [0, 0.05) is 24.7 Å². The Balaban J connectivity index is 2.02. The molecule has 1 saturated heterocycles. The van der Waals surface area contributed by atoms with E-state index in [-0.39, 0.29) is 5.56 Å². The highest BCUT2D eigenvalue weighted by atomic mass is 19.2. The highest BCUT2D eigenvalue weighted by molar-refractivity contribution is 5.22. The average molecular weight is 282 g/mol. The number of benzene rings is 1. The van der Waals surface area contributed by atoms with E-state index in [1.165, 1.54) is 12.5 Å². The van der Waals surface area contributed by atoms with E-state index in [1.54, 1.807) is 6.07 Å². The first-order chi connectivity index (χ1) is 9.51. The number of hydrogen-bond acceptors (Lipinski definition) is 2. The van der Waals surface area contributed by atoms with Crippen molar-refractivity contribution in [2.24, 2.45) is 11.1 Å². The summed E-state index contributed by atoms with van der Waals surface area (Å²) in [5.74, 6) is -1.63. The molecule has 0 aliphatic carbocycles. The van der Waals surface area contributed by atoms with Gasteiger partial charge >= 0.3 is 0 Å². The molecule has 1 aliphatic heterocycles. The first-order valence-electron chi connectivity index (χ1n) is 7.43. The van der Waals surface area contributed by atoms with Crippen LogP contribution in [0.4, 0.5) is 8.78 Å². The predicted molar refractivity (Wildman–Crippen MR) is 77.4 cm³/mol. The number of likely N-dealkylation sites (tertiary alicyclic amines) is 1. The summed E-state index contributed by atoms with van der Waals surface area (Å²) in [4.78, 5) is 2.28. The second-order valence-corrected chi connectivity index (χ2v) is 5.94. The van der Waals surface area contributed by atoms with Crippen LogP contribution in [-0.2, 0) is 0 Å². The summed E-state index contributed by atoms with van der Waals surface area (Å²) in [7, 11) is 0. The summed E-state index contributed by atoms with van der Waals surface area (Å²) in [5, 5.41) is 0. The summed E-state index contributed by atoms with van der Waals surface area (Å²) in [5.41, 5.74) is 6.72. The Hall–Kier alpha value is -1.00. The third-order valence-electron chi connectivity index (χ3n) is 4.85. The van der Waals surface area contributed by atoms with Gasteiger partial charge in [0.1, 0.15) is 0 Å². The van der Waals surface area contributed by atoms with E-state index in [4.69, 9.17) is 5.73 Å². The summed E-state index contributed by atoms with van der Waals surface area (Å²) in [6.07, 6.45) is 3.48. The number of halogens is 2. The molecule has 1 fully saturated rings. The van der Waals surface area contributed by atoms with Crippen molar-refractivity contribution in [2.45, 2.75) is 39.2 Å². The molecule has 1 aromatic carbocycles. The van der Waals surface area contributed by atoms with E-state index in [0.29, 0.717) is 12.0 Å². The van der Waals surface area contributed by atoms with Crippen LogP contribution in [0.5, 0.6) is 0 Å². The molecule has 0 saturated carbocycles. The lowest BCUT2D eigenvalue weighted by molar-refractivity contribution is 0.232. The smallest absolute Gasteiger partial charge is 0.163 e. The molecule has 0 amide bonds. The van der Waals surface area contributed by atoms with Gasteiger partial charge in [-0.3, -0.25) is 0 Å². The number of rotatable bonds is 5. The molecule has 2 N–H and O–H groups in total. The third kappa shape index (κ3) is 3.01. The molecule has 0 radical (unpaired) electrons. The summed E-state index contributed by atoms with van der Waals surface area (Å²) in [6.45, 7) is 7.03. The van der Waals surface area contributed by atoms with Crippen LogP contribution in [-0.4, -0.2) is 24.5 Å². The van der Waals surface area contributed by atoms with Gasteiger partial charge in [-0.15, -0.1) is 0 Å². The van der Waals surface area contributed by atoms with Crippen LogP contribution in [0, 0.1) is 17.0 Å². The lowest BCUT2D eigenvalue weighted by Crippen LogP contribution is -2.33. The Kier molecular flexibility index (Phi) is 4.76. The lowest BCUT2D eigenvalue weighted by atomic mass is 9.82. The van der Waals surface area contributed by atoms with E-state index < -0.39 is 17.7 Å². The molecule has 0 aromatic heterocycles. The normalized spacial score (nSPS) is 20.2. The van der Waals surface area contributed by atoms with Crippen molar-refractivity contribution in [3.05, 3.63) is 35.4 Å². The first kappa shape index (κ1) is 15.4. The van der Waals surface area contributed by atoms with Gasteiger partial charge in [-0.25, -0.2) is 8.78 Å². The Morgan fingerprint density at radius 3 is 2.60 bits per heavy atom. The van der Waals surface area contributed by atoms with Crippen LogP contribution in [0.15, 0.2) is 18.2 Å². The molecule has 0 spiro atoms. The van der Waals surface area contributed by atoms with Crippen molar-refractivity contribution in [3.63, 3.8) is 0 Å². The van der Waals surface area contributed by atoms with Crippen molar-refractivity contribution in [1.82, 2.24) is 4.90 Å². The zero-order valence-electron chi connectivity index (χ0n) is 12.3. The maximum absolute atomic E-state index is 13.7. The fourth-order valence-corrected chi connectivity index (χ4v) is 3.19. The van der Waals surface area contributed by atoms with Crippen LogP contribution in [0.1, 0.15) is 44.7 Å². The van der Waals surface area contributed by atoms with E-state index >= 15 is 0 Å². The van der Waals surface area contributed by atoms with Gasteiger partial charge in [-0.2, -0.15) is 0 Å². The Labute approximate surface area is 120 Å². The molecule has 1 aliphatic rings. The van der Waals surface area contributed by atoms with Gasteiger partial charge in [0.2, 0.25) is 0 Å². The molecule has 4 heteroatoms. The number of nitrogens with two attached hydrogens (primary N) is 1. The van der Waals surface area contributed by atoms with Gasteiger partial charge in [-0.05, 0) is 37.3 Å². The largest absolute Gasteiger partial charge is 0.323 e. The van der Waals surface area contributed by atoms with Crippen LogP contribution in [0.3, 0.4) is 0 Å². The van der Waals surface area contributed by atoms with Crippen LogP contribution < -0.4 is 5.73 Å². The molecular formula is C16H24F2N2. The van der Waals surface area contributed by atoms with Gasteiger partial charge < -0.3 is 10.6 Å². The average Bonchev–Trinajstić information content (AvgIpc) is 2.85. The highest BCUT2D eigenvalue weighted by Gasteiger charge is 2.35. The zero-order valence-corrected chi connectivity index (χ0v) is 12.3. The lowest BCUT2D eigenvalue weighted by Gasteiger charge is -2.27. The molecular weight excluding hydrogens is 258 g/mol. The standard InChI is InChI=1S/C16H24F2N2/c1-3-16(4-2)8-9-20(11-16)10-14(19)12-6-5-7-13(17)15(12)18/h5-7,14H,3-4,8-11,19H2,1-2H3.